The van der Waals surface area contributed by atoms with Crippen LogP contribution in [0.5, 0.6) is 0 Å². The van der Waals surface area contributed by atoms with E-state index in [2.05, 4.69) is 78.9 Å². The minimum absolute atomic E-state index is 0.540. The molecule has 234 valence electrons. The lowest BCUT2D eigenvalue weighted by Gasteiger charge is -2.12. The van der Waals surface area contributed by atoms with Gasteiger partial charge in [0, 0.05) is 32.7 Å². The van der Waals surface area contributed by atoms with Gasteiger partial charge in [0.1, 0.15) is 22.3 Å². The second-order valence-corrected chi connectivity index (χ2v) is 12.3. The lowest BCUT2D eigenvalue weighted by molar-refractivity contribution is 0.668. The number of hydrogen-bond acceptors (Lipinski definition) is 5. The molecule has 3 heterocycles. The maximum atomic E-state index is 6.56. The van der Waals surface area contributed by atoms with Gasteiger partial charge in [-0.15, -0.1) is 0 Å². The number of para-hydroxylation sites is 2. The predicted molar refractivity (Wildman–Crippen MR) is 202 cm³/mol. The van der Waals surface area contributed by atoms with Crippen LogP contribution in [-0.2, 0) is 0 Å². The monoisotopic (exact) mass is 641 g/mol. The summed E-state index contributed by atoms with van der Waals surface area (Å²) in [5, 5.41) is 4.05. The van der Waals surface area contributed by atoms with Crippen LogP contribution in [0.2, 0.25) is 0 Å². The maximum absolute atomic E-state index is 6.56. The first-order valence-corrected chi connectivity index (χ1v) is 16.6. The van der Waals surface area contributed by atoms with Gasteiger partial charge in [-0.2, -0.15) is 0 Å². The van der Waals surface area contributed by atoms with Crippen molar-refractivity contribution >= 4 is 43.9 Å². The molecule has 0 unspecified atom stereocenters. The minimum atomic E-state index is 0.540. The summed E-state index contributed by atoms with van der Waals surface area (Å²) in [5.41, 5.74) is 10.2. The van der Waals surface area contributed by atoms with Gasteiger partial charge in [-0.25, -0.2) is 15.0 Å². The van der Waals surface area contributed by atoms with Crippen molar-refractivity contribution in [1.82, 2.24) is 15.0 Å². The van der Waals surface area contributed by atoms with E-state index in [4.69, 9.17) is 23.8 Å². The zero-order chi connectivity index (χ0) is 33.0. The Morgan fingerprint density at radius 1 is 0.300 bits per heavy atom. The SMILES string of the molecule is c1ccc(-c2nc(-c3cccc4c3oc3ccccc34)nc(-c3cccc4oc5cccc(-c6ccccc6-c6ccccc6)c5c34)n2)cc1. The van der Waals surface area contributed by atoms with E-state index in [1.807, 2.05) is 84.9 Å². The summed E-state index contributed by atoms with van der Waals surface area (Å²) in [6.45, 7) is 0. The quantitative estimate of drug-likeness (QED) is 0.187. The van der Waals surface area contributed by atoms with Gasteiger partial charge >= 0.3 is 0 Å². The average molecular weight is 642 g/mol. The zero-order valence-electron chi connectivity index (χ0n) is 26.7. The van der Waals surface area contributed by atoms with Crippen LogP contribution in [0.4, 0.5) is 0 Å². The Labute approximate surface area is 287 Å². The first-order valence-electron chi connectivity index (χ1n) is 16.6. The molecule has 10 rings (SSSR count). The topological polar surface area (TPSA) is 65.0 Å². The van der Waals surface area contributed by atoms with Crippen LogP contribution in [-0.4, -0.2) is 15.0 Å². The molecule has 0 saturated heterocycles. The number of furan rings is 2. The Balaban J connectivity index is 1.25. The second-order valence-electron chi connectivity index (χ2n) is 12.3. The van der Waals surface area contributed by atoms with Crippen molar-refractivity contribution in [3.8, 4) is 56.4 Å². The molecule has 0 amide bonds. The van der Waals surface area contributed by atoms with Crippen LogP contribution in [0.25, 0.3) is 100 Å². The molecule has 0 aliphatic rings. The zero-order valence-corrected chi connectivity index (χ0v) is 26.7. The molecule has 5 nitrogen and oxygen atoms in total. The molecule has 50 heavy (non-hydrogen) atoms. The van der Waals surface area contributed by atoms with E-state index < -0.39 is 0 Å². The van der Waals surface area contributed by atoms with Crippen LogP contribution in [0.1, 0.15) is 0 Å². The van der Waals surface area contributed by atoms with E-state index in [-0.39, 0.29) is 0 Å². The highest BCUT2D eigenvalue weighted by Crippen LogP contribution is 2.44. The van der Waals surface area contributed by atoms with Gasteiger partial charge < -0.3 is 8.83 Å². The summed E-state index contributed by atoms with van der Waals surface area (Å²) in [4.78, 5) is 15.4. The van der Waals surface area contributed by atoms with Crippen molar-refractivity contribution in [2.24, 2.45) is 0 Å². The fourth-order valence-corrected chi connectivity index (χ4v) is 7.12. The Morgan fingerprint density at radius 3 is 1.58 bits per heavy atom. The molecule has 0 radical (unpaired) electrons. The van der Waals surface area contributed by atoms with Gasteiger partial charge in [0.15, 0.2) is 17.5 Å². The van der Waals surface area contributed by atoms with E-state index in [0.717, 1.165) is 82.8 Å². The number of rotatable bonds is 5. The second kappa shape index (κ2) is 11.4. The third-order valence-corrected chi connectivity index (χ3v) is 9.38. The molecule has 0 saturated carbocycles. The Bertz CT molecular complexity index is 2870. The van der Waals surface area contributed by atoms with Crippen molar-refractivity contribution in [3.05, 3.63) is 164 Å². The molecule has 0 bridgehead atoms. The molecule has 0 atom stereocenters. The van der Waals surface area contributed by atoms with Gasteiger partial charge in [0.05, 0.1) is 5.56 Å². The molecule has 10 aromatic rings. The summed E-state index contributed by atoms with van der Waals surface area (Å²) in [5.74, 6) is 1.68. The molecule has 0 N–H and O–H groups in total. The van der Waals surface area contributed by atoms with Crippen molar-refractivity contribution in [2.75, 3.05) is 0 Å². The van der Waals surface area contributed by atoms with Crippen LogP contribution in [0.15, 0.2) is 173 Å². The average Bonchev–Trinajstić information content (AvgIpc) is 3.77. The van der Waals surface area contributed by atoms with Gasteiger partial charge in [-0.3, -0.25) is 0 Å². The first-order chi connectivity index (χ1) is 24.8. The van der Waals surface area contributed by atoms with Gasteiger partial charge in [0.25, 0.3) is 0 Å². The molecule has 5 heteroatoms. The van der Waals surface area contributed by atoms with Gasteiger partial charge in [-0.1, -0.05) is 140 Å². The number of hydrogen-bond donors (Lipinski definition) is 0. The third-order valence-electron chi connectivity index (χ3n) is 9.38. The van der Waals surface area contributed by atoms with Crippen molar-refractivity contribution in [3.63, 3.8) is 0 Å². The Hall–Kier alpha value is -6.85. The molecule has 3 aromatic heterocycles. The Morgan fingerprint density at radius 2 is 0.800 bits per heavy atom. The summed E-state index contributed by atoms with van der Waals surface area (Å²) < 4.78 is 13.0. The highest BCUT2D eigenvalue weighted by Gasteiger charge is 2.22. The first kappa shape index (κ1) is 28.2. The lowest BCUT2D eigenvalue weighted by atomic mass is 9.91. The highest BCUT2D eigenvalue weighted by molar-refractivity contribution is 6.18. The van der Waals surface area contributed by atoms with E-state index >= 15 is 0 Å². The number of benzene rings is 7. The fourth-order valence-electron chi connectivity index (χ4n) is 7.12. The van der Waals surface area contributed by atoms with Crippen molar-refractivity contribution in [2.45, 2.75) is 0 Å². The molecule has 0 spiro atoms. The highest BCUT2D eigenvalue weighted by atomic mass is 16.3. The molecular weight excluding hydrogens is 615 g/mol. The third kappa shape index (κ3) is 4.52. The van der Waals surface area contributed by atoms with Crippen LogP contribution in [0, 0.1) is 0 Å². The van der Waals surface area contributed by atoms with E-state index in [1.165, 1.54) is 0 Å². The minimum Gasteiger partial charge on any atom is -0.456 e. The van der Waals surface area contributed by atoms with Crippen LogP contribution < -0.4 is 0 Å². The van der Waals surface area contributed by atoms with E-state index in [0.29, 0.717) is 17.5 Å². The van der Waals surface area contributed by atoms with Crippen molar-refractivity contribution in [1.29, 1.82) is 0 Å². The van der Waals surface area contributed by atoms with Crippen LogP contribution >= 0.6 is 0 Å². The molecule has 7 aromatic carbocycles. The summed E-state index contributed by atoms with van der Waals surface area (Å²) in [6, 6.07) is 55.7. The normalized spacial score (nSPS) is 11.6. The maximum Gasteiger partial charge on any atom is 0.167 e. The van der Waals surface area contributed by atoms with Crippen molar-refractivity contribution < 1.29 is 8.83 Å². The number of aromatic nitrogens is 3. The standard InChI is InChI=1S/C45H27N3O2/c1-3-14-28(15-4-1)30-18-7-8-19-31(30)33-21-12-26-38-40(33)41-35(23-13-27-39(41)49-38)44-46-43(29-16-5-2-6-17-29)47-45(48-44)36-24-11-22-34-32-20-9-10-25-37(32)50-42(34)36/h1-27H. The van der Waals surface area contributed by atoms with Crippen LogP contribution in [0.3, 0.4) is 0 Å². The number of fused-ring (bicyclic) bond motifs is 6. The van der Waals surface area contributed by atoms with Gasteiger partial charge in [-0.05, 0) is 46.5 Å². The predicted octanol–water partition coefficient (Wildman–Crippen LogP) is 12.0. The molecule has 0 aliphatic carbocycles. The Kier molecular flexibility index (Phi) is 6.42. The van der Waals surface area contributed by atoms with E-state index in [9.17, 15) is 0 Å². The molecular formula is C45H27N3O2. The molecule has 0 fully saturated rings. The fraction of sp³-hybridized carbons (Fsp3) is 0. The van der Waals surface area contributed by atoms with E-state index in [1.54, 1.807) is 0 Å². The molecule has 0 aliphatic heterocycles. The largest absolute Gasteiger partial charge is 0.456 e. The number of nitrogens with zero attached hydrogens (tertiary/aromatic N) is 3. The summed E-state index contributed by atoms with van der Waals surface area (Å²) in [7, 11) is 0. The van der Waals surface area contributed by atoms with Gasteiger partial charge in [0.2, 0.25) is 0 Å². The smallest absolute Gasteiger partial charge is 0.167 e. The summed E-state index contributed by atoms with van der Waals surface area (Å²) in [6.07, 6.45) is 0. The lowest BCUT2D eigenvalue weighted by Crippen LogP contribution is -2.00. The summed E-state index contributed by atoms with van der Waals surface area (Å²) >= 11 is 0.